The van der Waals surface area contributed by atoms with Crippen molar-refractivity contribution in [2.45, 2.75) is 251 Å². The summed E-state index contributed by atoms with van der Waals surface area (Å²) in [4.78, 5) is 21.1. The fourth-order valence-electron chi connectivity index (χ4n) is 6.17. The Bertz CT molecular complexity index is 526. The number of hydrogen-bond acceptors (Lipinski definition) is 4. The lowest BCUT2D eigenvalue weighted by atomic mass is 10.0. The average Bonchev–Trinajstić information content (AvgIpc) is 3.05. The van der Waals surface area contributed by atoms with E-state index in [9.17, 15) is 14.7 Å². The normalized spacial score (nSPS) is 12.4. The summed E-state index contributed by atoms with van der Waals surface area (Å²) in [5, 5.41) is 9.32. The van der Waals surface area contributed by atoms with Crippen LogP contribution in [0.15, 0.2) is 0 Å². The summed E-state index contributed by atoms with van der Waals surface area (Å²) < 4.78 is 6.02. The van der Waals surface area contributed by atoms with Gasteiger partial charge in [-0.25, -0.2) is 0 Å². The first-order valence-corrected chi connectivity index (χ1v) is 20.8. The van der Waals surface area contributed by atoms with E-state index in [0.29, 0.717) is 12.8 Å². The van der Waals surface area contributed by atoms with E-state index in [-0.39, 0.29) is 6.10 Å². The molecule has 1 N–H and O–H groups in total. The Labute approximate surface area is 289 Å². The van der Waals surface area contributed by atoms with E-state index in [1.165, 1.54) is 180 Å². The highest BCUT2D eigenvalue weighted by Gasteiger charge is 2.08. The molecule has 46 heavy (non-hydrogen) atoms. The number of ether oxygens (including phenoxy) is 1. The lowest BCUT2D eigenvalue weighted by molar-refractivity contribution is -0.111. The molecule has 2 unspecified atom stereocenters. The smallest absolute Gasteiger partial charge is 0.122 e. The van der Waals surface area contributed by atoms with Crippen LogP contribution in [0.4, 0.5) is 0 Å². The monoisotopic (exact) mass is 653 g/mol. The molecule has 0 aliphatic carbocycles. The van der Waals surface area contributed by atoms with E-state index >= 15 is 0 Å². The van der Waals surface area contributed by atoms with Gasteiger partial charge in [0, 0.05) is 19.4 Å². The van der Waals surface area contributed by atoms with Gasteiger partial charge in [0.05, 0.1) is 12.2 Å². The zero-order valence-electron chi connectivity index (χ0n) is 31.7. The predicted molar refractivity (Wildman–Crippen MR) is 202 cm³/mol. The maximum Gasteiger partial charge on any atom is 0.122 e. The number of aliphatic hydroxyl groups is 1. The SMILES string of the molecule is CCCCCCCCCCCC(O)CC=O.CCCCCCCCCCCCCC(CC=O)OCCCCCCCCCCCC. The molecule has 0 amide bonds. The van der Waals surface area contributed by atoms with Gasteiger partial charge < -0.3 is 19.4 Å². The molecular formula is C42H84O4. The Hall–Kier alpha value is -0.740. The van der Waals surface area contributed by atoms with Crippen LogP contribution in [-0.2, 0) is 14.3 Å². The van der Waals surface area contributed by atoms with Crippen LogP contribution in [0, 0.1) is 0 Å². The highest BCUT2D eigenvalue weighted by molar-refractivity contribution is 5.50. The van der Waals surface area contributed by atoms with E-state index < -0.39 is 6.10 Å². The third-order valence-electron chi connectivity index (χ3n) is 9.35. The molecule has 276 valence electrons. The lowest BCUT2D eigenvalue weighted by Gasteiger charge is -2.15. The first kappa shape index (κ1) is 47.4. The molecule has 4 heteroatoms. The molecule has 0 bridgehead atoms. The summed E-state index contributed by atoms with van der Waals surface area (Å²) in [5.41, 5.74) is 0. The summed E-state index contributed by atoms with van der Waals surface area (Å²) in [6.07, 6.45) is 44.6. The minimum Gasteiger partial charge on any atom is -0.393 e. The second kappa shape index (κ2) is 44.3. The van der Waals surface area contributed by atoms with Crippen molar-refractivity contribution in [2.75, 3.05) is 6.61 Å². The van der Waals surface area contributed by atoms with Crippen molar-refractivity contribution >= 4 is 12.6 Å². The highest BCUT2D eigenvalue weighted by atomic mass is 16.5. The summed E-state index contributed by atoms with van der Waals surface area (Å²) in [6, 6.07) is 0. The van der Waals surface area contributed by atoms with Crippen LogP contribution in [0.2, 0.25) is 0 Å². The number of rotatable bonds is 38. The number of aldehydes is 2. The van der Waals surface area contributed by atoms with E-state index in [0.717, 1.165) is 44.9 Å². The Kier molecular flexibility index (Phi) is 45.6. The summed E-state index contributed by atoms with van der Waals surface area (Å²) in [5.74, 6) is 0. The van der Waals surface area contributed by atoms with Crippen LogP contribution < -0.4 is 0 Å². The molecule has 0 spiro atoms. The van der Waals surface area contributed by atoms with Gasteiger partial charge in [0.1, 0.15) is 12.6 Å². The van der Waals surface area contributed by atoms with Crippen molar-refractivity contribution < 1.29 is 19.4 Å². The van der Waals surface area contributed by atoms with Crippen molar-refractivity contribution in [3.05, 3.63) is 0 Å². The Morgan fingerprint density at radius 1 is 0.413 bits per heavy atom. The first-order chi connectivity index (χ1) is 22.7. The number of hydrogen-bond donors (Lipinski definition) is 1. The number of carbonyl (C=O) groups excluding carboxylic acids is 2. The van der Waals surface area contributed by atoms with Crippen LogP contribution in [0.25, 0.3) is 0 Å². The predicted octanol–water partition coefficient (Wildman–Crippen LogP) is 13.4. The number of unbranched alkanes of at least 4 members (excludes halogenated alkanes) is 27. The van der Waals surface area contributed by atoms with E-state index in [4.69, 9.17) is 4.74 Å². The Morgan fingerprint density at radius 2 is 0.717 bits per heavy atom. The third-order valence-corrected chi connectivity index (χ3v) is 9.35. The molecule has 4 nitrogen and oxygen atoms in total. The van der Waals surface area contributed by atoms with E-state index in [1.807, 2.05) is 0 Å². The average molecular weight is 653 g/mol. The molecule has 0 heterocycles. The van der Waals surface area contributed by atoms with Crippen molar-refractivity contribution in [1.29, 1.82) is 0 Å². The van der Waals surface area contributed by atoms with Gasteiger partial charge >= 0.3 is 0 Å². The Balaban J connectivity index is 0. The van der Waals surface area contributed by atoms with Gasteiger partial charge in [-0.2, -0.15) is 0 Å². The molecule has 0 aromatic carbocycles. The molecule has 0 aromatic rings. The third kappa shape index (κ3) is 43.3. The van der Waals surface area contributed by atoms with Gasteiger partial charge in [0.25, 0.3) is 0 Å². The van der Waals surface area contributed by atoms with Gasteiger partial charge in [-0.05, 0) is 19.3 Å². The van der Waals surface area contributed by atoms with E-state index in [1.54, 1.807) is 0 Å². The van der Waals surface area contributed by atoms with E-state index in [2.05, 4.69) is 20.8 Å². The molecule has 0 fully saturated rings. The zero-order chi connectivity index (χ0) is 34.0. The highest BCUT2D eigenvalue weighted by Crippen LogP contribution is 2.16. The molecular weight excluding hydrogens is 568 g/mol. The minimum atomic E-state index is -0.401. The molecule has 0 radical (unpaired) electrons. The topological polar surface area (TPSA) is 63.6 Å². The van der Waals surface area contributed by atoms with Crippen molar-refractivity contribution in [3.63, 3.8) is 0 Å². The standard InChI is InChI=1S/C28H56O2.C14H28O2/c1-3-5-7-9-11-13-15-16-18-20-22-24-28(25-26-29)30-27-23-21-19-17-14-12-10-8-6-4-2;1-2-3-4-5-6-7-8-9-10-11-14(16)12-13-15/h26,28H,3-25,27H2,1-2H3;13-14,16H,2-12H2,1H3. The first-order valence-electron chi connectivity index (χ1n) is 20.8. The van der Waals surface area contributed by atoms with Gasteiger partial charge in [-0.3, -0.25) is 0 Å². The van der Waals surface area contributed by atoms with Crippen molar-refractivity contribution in [1.82, 2.24) is 0 Å². The van der Waals surface area contributed by atoms with Crippen molar-refractivity contribution in [3.8, 4) is 0 Å². The van der Waals surface area contributed by atoms with Gasteiger partial charge in [0.15, 0.2) is 0 Å². The molecule has 0 aliphatic rings. The molecule has 0 saturated heterocycles. The summed E-state index contributed by atoms with van der Waals surface area (Å²) in [7, 11) is 0. The molecule has 0 rings (SSSR count). The Morgan fingerprint density at radius 3 is 1.07 bits per heavy atom. The van der Waals surface area contributed by atoms with Crippen LogP contribution in [-0.4, -0.2) is 36.5 Å². The molecule has 0 saturated carbocycles. The largest absolute Gasteiger partial charge is 0.393 e. The fourth-order valence-corrected chi connectivity index (χ4v) is 6.17. The minimum absolute atomic E-state index is 0.166. The van der Waals surface area contributed by atoms with Gasteiger partial charge in [0.2, 0.25) is 0 Å². The lowest BCUT2D eigenvalue weighted by Crippen LogP contribution is -2.14. The molecule has 2 atom stereocenters. The van der Waals surface area contributed by atoms with Crippen LogP contribution in [0.1, 0.15) is 239 Å². The van der Waals surface area contributed by atoms with Crippen molar-refractivity contribution in [2.24, 2.45) is 0 Å². The van der Waals surface area contributed by atoms with Gasteiger partial charge in [-0.15, -0.1) is 0 Å². The maximum atomic E-state index is 10.9. The maximum absolute atomic E-state index is 10.9. The quantitative estimate of drug-likeness (QED) is 0.0532. The fraction of sp³-hybridized carbons (Fsp3) is 0.952. The molecule has 0 aliphatic heterocycles. The number of aliphatic hydroxyl groups excluding tert-OH is 1. The van der Waals surface area contributed by atoms with Crippen LogP contribution >= 0.6 is 0 Å². The zero-order valence-corrected chi connectivity index (χ0v) is 31.7. The molecule has 0 aromatic heterocycles. The summed E-state index contributed by atoms with van der Waals surface area (Å²) >= 11 is 0. The van der Waals surface area contributed by atoms with Crippen LogP contribution in [0.3, 0.4) is 0 Å². The second-order valence-electron chi connectivity index (χ2n) is 14.1. The van der Waals surface area contributed by atoms with Gasteiger partial charge in [-0.1, -0.05) is 207 Å². The number of carbonyl (C=O) groups is 2. The van der Waals surface area contributed by atoms with Crippen LogP contribution in [0.5, 0.6) is 0 Å². The second-order valence-corrected chi connectivity index (χ2v) is 14.1. The summed E-state index contributed by atoms with van der Waals surface area (Å²) in [6.45, 7) is 7.64.